The average molecular weight is 306 g/mol. The van der Waals surface area contributed by atoms with E-state index in [0.29, 0.717) is 13.1 Å². The molecule has 5 nitrogen and oxygen atoms in total. The van der Waals surface area contributed by atoms with Gasteiger partial charge in [-0.1, -0.05) is 12.1 Å². The van der Waals surface area contributed by atoms with Crippen LogP contribution in [0.5, 0.6) is 5.75 Å². The number of amides is 1. The standard InChI is InChI=1S/C17H26N2O3/c1-17(2,3)22-16(20)19-11-9-18(10-12-19)13-14-5-7-15(21-4)8-6-14/h5-8H,9-13H2,1-4H3. The molecule has 122 valence electrons. The Hall–Kier alpha value is -1.75. The second kappa shape index (κ2) is 7.01. The minimum Gasteiger partial charge on any atom is -0.497 e. The molecule has 2 rings (SSSR count). The maximum Gasteiger partial charge on any atom is 0.410 e. The molecule has 1 heterocycles. The van der Waals surface area contributed by atoms with Crippen molar-refractivity contribution in [3.8, 4) is 5.75 Å². The fourth-order valence-corrected chi connectivity index (χ4v) is 2.40. The van der Waals surface area contributed by atoms with Gasteiger partial charge in [-0.2, -0.15) is 0 Å². The Kier molecular flexibility index (Phi) is 5.29. The lowest BCUT2D eigenvalue weighted by molar-refractivity contribution is 0.0139. The fourth-order valence-electron chi connectivity index (χ4n) is 2.40. The van der Waals surface area contributed by atoms with E-state index in [2.05, 4.69) is 17.0 Å². The molecule has 1 amide bonds. The number of methoxy groups -OCH3 is 1. The summed E-state index contributed by atoms with van der Waals surface area (Å²) in [4.78, 5) is 16.2. The molecule has 1 fully saturated rings. The van der Waals surface area contributed by atoms with Crippen molar-refractivity contribution in [3.05, 3.63) is 29.8 Å². The molecule has 1 aromatic carbocycles. The van der Waals surface area contributed by atoms with Crippen LogP contribution in [0.2, 0.25) is 0 Å². The molecule has 0 spiro atoms. The van der Waals surface area contributed by atoms with Gasteiger partial charge in [-0.25, -0.2) is 4.79 Å². The summed E-state index contributed by atoms with van der Waals surface area (Å²) in [6.07, 6.45) is -0.211. The molecule has 0 radical (unpaired) electrons. The predicted octanol–water partition coefficient (Wildman–Crippen LogP) is 2.75. The number of nitrogens with zero attached hydrogens (tertiary/aromatic N) is 2. The van der Waals surface area contributed by atoms with E-state index in [4.69, 9.17) is 9.47 Å². The van der Waals surface area contributed by atoms with Gasteiger partial charge in [0.15, 0.2) is 0 Å². The van der Waals surface area contributed by atoms with E-state index in [0.717, 1.165) is 25.4 Å². The molecule has 0 aliphatic carbocycles. The second-order valence-electron chi connectivity index (χ2n) is 6.59. The van der Waals surface area contributed by atoms with Gasteiger partial charge in [0, 0.05) is 32.7 Å². The summed E-state index contributed by atoms with van der Waals surface area (Å²) in [5, 5.41) is 0. The lowest BCUT2D eigenvalue weighted by Crippen LogP contribution is -2.49. The Labute approximate surface area is 132 Å². The van der Waals surface area contributed by atoms with Gasteiger partial charge in [0.2, 0.25) is 0 Å². The third-order valence-corrected chi connectivity index (χ3v) is 3.59. The van der Waals surface area contributed by atoms with E-state index >= 15 is 0 Å². The highest BCUT2D eigenvalue weighted by atomic mass is 16.6. The zero-order valence-corrected chi connectivity index (χ0v) is 14.0. The van der Waals surface area contributed by atoms with Crippen LogP contribution in [0.15, 0.2) is 24.3 Å². The lowest BCUT2D eigenvalue weighted by atomic mass is 10.2. The summed E-state index contributed by atoms with van der Waals surface area (Å²) in [5.41, 5.74) is 0.823. The molecule has 1 saturated heterocycles. The minimum atomic E-state index is -0.433. The molecule has 0 bridgehead atoms. The van der Waals surface area contributed by atoms with Crippen LogP contribution in [0, 0.1) is 0 Å². The zero-order chi connectivity index (χ0) is 16.2. The molecule has 22 heavy (non-hydrogen) atoms. The molecule has 0 N–H and O–H groups in total. The molecule has 1 aromatic rings. The molecule has 0 saturated carbocycles. The number of hydrogen-bond acceptors (Lipinski definition) is 4. The van der Waals surface area contributed by atoms with Crippen LogP contribution in [0.4, 0.5) is 4.79 Å². The number of piperazine rings is 1. The van der Waals surface area contributed by atoms with E-state index in [-0.39, 0.29) is 6.09 Å². The maximum absolute atomic E-state index is 12.0. The van der Waals surface area contributed by atoms with Gasteiger partial charge in [0.05, 0.1) is 7.11 Å². The van der Waals surface area contributed by atoms with Crippen molar-refractivity contribution in [1.29, 1.82) is 0 Å². The minimum absolute atomic E-state index is 0.211. The molecule has 0 atom stereocenters. The first-order chi connectivity index (χ1) is 10.4. The Morgan fingerprint density at radius 2 is 1.68 bits per heavy atom. The average Bonchev–Trinajstić information content (AvgIpc) is 2.47. The summed E-state index contributed by atoms with van der Waals surface area (Å²) in [5.74, 6) is 0.874. The van der Waals surface area contributed by atoms with Gasteiger partial charge in [0.1, 0.15) is 11.4 Å². The number of rotatable bonds is 3. The molecule has 0 aromatic heterocycles. The van der Waals surface area contributed by atoms with Crippen molar-refractivity contribution in [2.24, 2.45) is 0 Å². The van der Waals surface area contributed by atoms with Gasteiger partial charge in [-0.3, -0.25) is 4.90 Å². The number of hydrogen-bond donors (Lipinski definition) is 0. The smallest absolute Gasteiger partial charge is 0.410 e. The SMILES string of the molecule is COc1ccc(CN2CCN(C(=O)OC(C)(C)C)CC2)cc1. The third kappa shape index (κ3) is 4.91. The molecule has 5 heteroatoms. The number of ether oxygens (including phenoxy) is 2. The summed E-state index contributed by atoms with van der Waals surface area (Å²) in [6.45, 7) is 9.74. The Bertz CT molecular complexity index is 486. The van der Waals surface area contributed by atoms with Crippen molar-refractivity contribution in [3.63, 3.8) is 0 Å². The topological polar surface area (TPSA) is 42.0 Å². The first kappa shape index (κ1) is 16.6. The van der Waals surface area contributed by atoms with E-state index in [9.17, 15) is 4.79 Å². The predicted molar refractivity (Wildman–Crippen MR) is 86.1 cm³/mol. The van der Waals surface area contributed by atoms with E-state index < -0.39 is 5.60 Å². The number of carbonyl (C=O) groups excluding carboxylic acids is 1. The van der Waals surface area contributed by atoms with Gasteiger partial charge in [-0.05, 0) is 38.5 Å². The van der Waals surface area contributed by atoms with Gasteiger partial charge >= 0.3 is 6.09 Å². The van der Waals surface area contributed by atoms with Crippen LogP contribution in [-0.4, -0.2) is 54.8 Å². The Morgan fingerprint density at radius 3 is 2.18 bits per heavy atom. The summed E-state index contributed by atoms with van der Waals surface area (Å²) >= 11 is 0. The summed E-state index contributed by atoms with van der Waals surface area (Å²) in [6, 6.07) is 8.12. The molecular weight excluding hydrogens is 280 g/mol. The van der Waals surface area contributed by atoms with Gasteiger partial charge in [-0.15, -0.1) is 0 Å². The van der Waals surface area contributed by atoms with Crippen molar-refractivity contribution < 1.29 is 14.3 Å². The van der Waals surface area contributed by atoms with Crippen LogP contribution in [0.25, 0.3) is 0 Å². The van der Waals surface area contributed by atoms with Crippen LogP contribution in [-0.2, 0) is 11.3 Å². The normalized spacial score (nSPS) is 16.5. The van der Waals surface area contributed by atoms with E-state index in [1.165, 1.54) is 5.56 Å². The quantitative estimate of drug-likeness (QED) is 0.861. The first-order valence-electron chi connectivity index (χ1n) is 7.70. The van der Waals surface area contributed by atoms with E-state index in [1.54, 1.807) is 12.0 Å². The maximum atomic E-state index is 12.0. The number of carbonyl (C=O) groups is 1. The largest absolute Gasteiger partial charge is 0.497 e. The van der Waals surface area contributed by atoms with Crippen molar-refractivity contribution >= 4 is 6.09 Å². The number of benzene rings is 1. The molecule has 0 unspecified atom stereocenters. The fraction of sp³-hybridized carbons (Fsp3) is 0.588. The zero-order valence-electron chi connectivity index (χ0n) is 14.0. The highest BCUT2D eigenvalue weighted by molar-refractivity contribution is 5.68. The third-order valence-electron chi connectivity index (χ3n) is 3.59. The lowest BCUT2D eigenvalue weighted by Gasteiger charge is -2.35. The van der Waals surface area contributed by atoms with Crippen LogP contribution < -0.4 is 4.74 Å². The van der Waals surface area contributed by atoms with Crippen molar-refractivity contribution in [1.82, 2.24) is 9.80 Å². The molecular formula is C17H26N2O3. The first-order valence-corrected chi connectivity index (χ1v) is 7.70. The van der Waals surface area contributed by atoms with Crippen LogP contribution in [0.1, 0.15) is 26.3 Å². The molecule has 1 aliphatic heterocycles. The molecule has 1 aliphatic rings. The monoisotopic (exact) mass is 306 g/mol. The van der Waals surface area contributed by atoms with Gasteiger partial charge in [0.25, 0.3) is 0 Å². The van der Waals surface area contributed by atoms with E-state index in [1.807, 2.05) is 32.9 Å². The second-order valence-corrected chi connectivity index (χ2v) is 6.59. The Balaban J connectivity index is 1.80. The van der Waals surface area contributed by atoms with Crippen molar-refractivity contribution in [2.45, 2.75) is 32.9 Å². The van der Waals surface area contributed by atoms with Crippen LogP contribution >= 0.6 is 0 Å². The highest BCUT2D eigenvalue weighted by Crippen LogP contribution is 2.15. The summed E-state index contributed by atoms with van der Waals surface area (Å²) in [7, 11) is 1.67. The van der Waals surface area contributed by atoms with Crippen molar-refractivity contribution in [2.75, 3.05) is 33.3 Å². The Morgan fingerprint density at radius 1 is 1.09 bits per heavy atom. The van der Waals surface area contributed by atoms with Gasteiger partial charge < -0.3 is 14.4 Å². The highest BCUT2D eigenvalue weighted by Gasteiger charge is 2.25. The van der Waals surface area contributed by atoms with Crippen LogP contribution in [0.3, 0.4) is 0 Å². The summed E-state index contributed by atoms with van der Waals surface area (Å²) < 4.78 is 10.6.